The van der Waals surface area contributed by atoms with Gasteiger partial charge in [-0.05, 0) is 49.6 Å². The van der Waals surface area contributed by atoms with E-state index in [1.54, 1.807) is 26.4 Å². The normalized spacial score (nSPS) is 26.1. The van der Waals surface area contributed by atoms with Crippen molar-refractivity contribution in [3.05, 3.63) is 58.6 Å². The molecule has 2 fully saturated rings. The highest BCUT2D eigenvalue weighted by molar-refractivity contribution is 6.33. The van der Waals surface area contributed by atoms with E-state index in [0.717, 1.165) is 31.2 Å². The molecule has 1 heterocycles. The molecule has 5 nitrogen and oxygen atoms in total. The fourth-order valence-corrected chi connectivity index (χ4v) is 5.37. The highest BCUT2D eigenvalue weighted by atomic mass is 35.5. The van der Waals surface area contributed by atoms with Gasteiger partial charge in [-0.3, -0.25) is 4.79 Å². The number of hydrogen-bond acceptors (Lipinski definition) is 4. The molecule has 30 heavy (non-hydrogen) atoms. The van der Waals surface area contributed by atoms with Gasteiger partial charge in [-0.2, -0.15) is 0 Å². The van der Waals surface area contributed by atoms with Crippen molar-refractivity contribution >= 4 is 17.5 Å². The molecule has 4 rings (SSSR count). The molecule has 1 aliphatic carbocycles. The Labute approximate surface area is 182 Å². The standard InChI is InChI=1S/C24H28ClNO4/c1-29-16-10-11-21(30-2)18(15-16)22-19-8-5-6-12-24(19,28)13-14-26(22)23(27)17-7-3-4-9-20(17)25/h3-4,7,9-11,15,19,22,28H,5-6,8,12-14H2,1-2H3/t19-,22-,24+/m1/s1. The summed E-state index contributed by atoms with van der Waals surface area (Å²) in [6.45, 7) is 0.460. The highest BCUT2D eigenvalue weighted by Crippen LogP contribution is 2.51. The molecule has 3 atom stereocenters. The van der Waals surface area contributed by atoms with Crippen LogP contribution >= 0.6 is 11.6 Å². The number of ether oxygens (including phenoxy) is 2. The first kappa shape index (κ1) is 21.0. The lowest BCUT2D eigenvalue weighted by molar-refractivity contribution is -0.115. The molecule has 1 N–H and O–H groups in total. The van der Waals surface area contributed by atoms with Crippen LogP contribution < -0.4 is 9.47 Å². The summed E-state index contributed by atoms with van der Waals surface area (Å²) in [5.41, 5.74) is 0.559. The van der Waals surface area contributed by atoms with Gasteiger partial charge in [-0.1, -0.05) is 36.6 Å². The van der Waals surface area contributed by atoms with Crippen LogP contribution in [0, 0.1) is 5.92 Å². The minimum absolute atomic E-state index is 0.0764. The SMILES string of the molecule is COc1ccc(OC)c([C@@H]2[C@H]3CCCC[C@]3(O)CCN2C(=O)c2ccccc2Cl)c1. The maximum Gasteiger partial charge on any atom is 0.255 e. The Morgan fingerprint density at radius 1 is 1.13 bits per heavy atom. The lowest BCUT2D eigenvalue weighted by Crippen LogP contribution is -2.56. The average Bonchev–Trinajstić information content (AvgIpc) is 2.77. The third kappa shape index (κ3) is 3.65. The number of halogens is 1. The Balaban J connectivity index is 1.84. The van der Waals surface area contributed by atoms with Crippen LogP contribution in [0.3, 0.4) is 0 Å². The first-order valence-corrected chi connectivity index (χ1v) is 10.9. The number of nitrogens with zero attached hydrogens (tertiary/aromatic N) is 1. The van der Waals surface area contributed by atoms with E-state index in [1.807, 2.05) is 35.2 Å². The summed E-state index contributed by atoms with van der Waals surface area (Å²) in [5, 5.41) is 11.9. The molecule has 0 bridgehead atoms. The fourth-order valence-electron chi connectivity index (χ4n) is 5.15. The Morgan fingerprint density at radius 3 is 2.67 bits per heavy atom. The summed E-state index contributed by atoms with van der Waals surface area (Å²) >= 11 is 6.36. The van der Waals surface area contributed by atoms with Crippen LogP contribution in [-0.4, -0.2) is 42.3 Å². The van der Waals surface area contributed by atoms with Gasteiger partial charge in [0.1, 0.15) is 11.5 Å². The Kier molecular flexibility index (Phi) is 5.94. The van der Waals surface area contributed by atoms with Gasteiger partial charge in [-0.25, -0.2) is 0 Å². The number of carbonyl (C=O) groups excluding carboxylic acids is 1. The van der Waals surface area contributed by atoms with Crippen LogP contribution in [0.25, 0.3) is 0 Å². The van der Waals surface area contributed by atoms with E-state index < -0.39 is 5.60 Å². The number of rotatable bonds is 4. The number of hydrogen-bond donors (Lipinski definition) is 1. The molecule has 2 aromatic carbocycles. The Hall–Kier alpha value is -2.24. The van der Waals surface area contributed by atoms with Crippen molar-refractivity contribution in [2.24, 2.45) is 5.92 Å². The van der Waals surface area contributed by atoms with E-state index in [4.69, 9.17) is 21.1 Å². The van der Waals surface area contributed by atoms with Gasteiger partial charge in [0.15, 0.2) is 0 Å². The summed E-state index contributed by atoms with van der Waals surface area (Å²) in [5.74, 6) is 1.18. The van der Waals surface area contributed by atoms with Crippen molar-refractivity contribution in [3.8, 4) is 11.5 Å². The number of piperidine rings is 1. The number of fused-ring (bicyclic) bond motifs is 1. The van der Waals surface area contributed by atoms with Gasteiger partial charge in [0.2, 0.25) is 0 Å². The molecule has 1 saturated heterocycles. The molecule has 1 saturated carbocycles. The third-order valence-corrected chi connectivity index (χ3v) is 7.02. The molecule has 2 aromatic rings. The third-order valence-electron chi connectivity index (χ3n) is 6.69. The van der Waals surface area contributed by atoms with E-state index >= 15 is 0 Å². The molecule has 0 unspecified atom stereocenters. The lowest BCUT2D eigenvalue weighted by atomic mass is 9.66. The number of carbonyl (C=O) groups is 1. The van der Waals surface area contributed by atoms with Crippen LogP contribution in [0.15, 0.2) is 42.5 Å². The topological polar surface area (TPSA) is 59.0 Å². The van der Waals surface area contributed by atoms with Gasteiger partial charge in [0, 0.05) is 18.0 Å². The second-order valence-electron chi connectivity index (χ2n) is 8.24. The molecule has 2 aliphatic rings. The van der Waals surface area contributed by atoms with E-state index in [1.165, 1.54) is 0 Å². The Bertz CT molecular complexity index is 933. The highest BCUT2D eigenvalue weighted by Gasteiger charge is 2.51. The summed E-state index contributed by atoms with van der Waals surface area (Å²) in [7, 11) is 3.25. The van der Waals surface area contributed by atoms with Gasteiger partial charge >= 0.3 is 0 Å². The van der Waals surface area contributed by atoms with Crippen LogP contribution in [0.1, 0.15) is 54.1 Å². The largest absolute Gasteiger partial charge is 0.497 e. The number of amides is 1. The van der Waals surface area contributed by atoms with E-state index in [9.17, 15) is 9.90 Å². The first-order valence-electron chi connectivity index (χ1n) is 10.5. The van der Waals surface area contributed by atoms with Crippen LogP contribution in [0.5, 0.6) is 11.5 Å². The second kappa shape index (κ2) is 8.48. The quantitative estimate of drug-likeness (QED) is 0.753. The monoisotopic (exact) mass is 429 g/mol. The van der Waals surface area contributed by atoms with E-state index in [-0.39, 0.29) is 17.9 Å². The van der Waals surface area contributed by atoms with Crippen molar-refractivity contribution in [3.63, 3.8) is 0 Å². The predicted molar refractivity (Wildman–Crippen MR) is 116 cm³/mol. The molecule has 1 aliphatic heterocycles. The van der Waals surface area contributed by atoms with Gasteiger partial charge < -0.3 is 19.5 Å². The number of aliphatic hydroxyl groups is 1. The number of methoxy groups -OCH3 is 2. The van der Waals surface area contributed by atoms with Crippen molar-refractivity contribution in [1.29, 1.82) is 0 Å². The predicted octanol–water partition coefficient (Wildman–Crippen LogP) is 4.87. The van der Waals surface area contributed by atoms with Crippen LogP contribution in [0.2, 0.25) is 5.02 Å². The van der Waals surface area contributed by atoms with E-state index in [0.29, 0.717) is 35.1 Å². The summed E-state index contributed by atoms with van der Waals surface area (Å²) in [6, 6.07) is 12.4. The summed E-state index contributed by atoms with van der Waals surface area (Å²) in [6.07, 6.45) is 4.22. The zero-order valence-electron chi connectivity index (χ0n) is 17.4. The summed E-state index contributed by atoms with van der Waals surface area (Å²) in [4.78, 5) is 15.5. The maximum absolute atomic E-state index is 13.6. The van der Waals surface area contributed by atoms with Crippen molar-refractivity contribution in [2.75, 3.05) is 20.8 Å². The molecule has 160 valence electrons. The van der Waals surface area contributed by atoms with Gasteiger partial charge in [0.25, 0.3) is 5.91 Å². The molecule has 6 heteroatoms. The maximum atomic E-state index is 13.6. The van der Waals surface area contributed by atoms with Crippen molar-refractivity contribution in [1.82, 2.24) is 4.90 Å². The molecule has 0 radical (unpaired) electrons. The zero-order valence-corrected chi connectivity index (χ0v) is 18.2. The molecule has 1 amide bonds. The fraction of sp³-hybridized carbons (Fsp3) is 0.458. The first-order chi connectivity index (χ1) is 14.5. The van der Waals surface area contributed by atoms with Crippen molar-refractivity contribution < 1.29 is 19.4 Å². The number of benzene rings is 2. The van der Waals surface area contributed by atoms with Crippen LogP contribution in [-0.2, 0) is 0 Å². The van der Waals surface area contributed by atoms with Crippen molar-refractivity contribution in [2.45, 2.75) is 43.7 Å². The van der Waals surface area contributed by atoms with Crippen LogP contribution in [0.4, 0.5) is 0 Å². The van der Waals surface area contributed by atoms with E-state index in [2.05, 4.69) is 0 Å². The number of likely N-dealkylation sites (tertiary alicyclic amines) is 1. The lowest BCUT2D eigenvalue weighted by Gasteiger charge is -2.52. The second-order valence-corrected chi connectivity index (χ2v) is 8.64. The smallest absolute Gasteiger partial charge is 0.255 e. The minimum atomic E-state index is -0.783. The van der Waals surface area contributed by atoms with Gasteiger partial charge in [0.05, 0.1) is 36.4 Å². The van der Waals surface area contributed by atoms with Gasteiger partial charge in [-0.15, -0.1) is 0 Å². The Morgan fingerprint density at radius 2 is 1.93 bits per heavy atom. The average molecular weight is 430 g/mol. The zero-order chi connectivity index (χ0) is 21.3. The minimum Gasteiger partial charge on any atom is -0.497 e. The molecular weight excluding hydrogens is 402 g/mol. The summed E-state index contributed by atoms with van der Waals surface area (Å²) < 4.78 is 11.1. The molecule has 0 spiro atoms. The molecular formula is C24H28ClNO4. The molecule has 0 aromatic heterocycles.